The van der Waals surface area contributed by atoms with Crippen molar-refractivity contribution in [3.05, 3.63) is 53.6 Å². The maximum absolute atomic E-state index is 8.93. The molecule has 0 saturated heterocycles. The zero-order chi connectivity index (χ0) is 16.8. The fourth-order valence-corrected chi connectivity index (χ4v) is 3.39. The second kappa shape index (κ2) is 7.99. The lowest BCUT2D eigenvalue weighted by Gasteiger charge is -2.23. The van der Waals surface area contributed by atoms with E-state index in [4.69, 9.17) is 10.00 Å². The molecule has 24 heavy (non-hydrogen) atoms. The van der Waals surface area contributed by atoms with E-state index in [9.17, 15) is 0 Å². The minimum atomic E-state index is 0.627. The Labute approximate surface area is 144 Å². The lowest BCUT2D eigenvalue weighted by atomic mass is 9.95. The third-order valence-electron chi connectivity index (χ3n) is 4.81. The number of benzene rings is 2. The number of ether oxygens (including phenoxy) is 1. The van der Waals surface area contributed by atoms with Gasteiger partial charge in [0.15, 0.2) is 0 Å². The number of nitrogens with one attached hydrogen (secondary N) is 1. The molecule has 0 bridgehead atoms. The lowest BCUT2D eigenvalue weighted by molar-refractivity contribution is 0.365. The topological polar surface area (TPSA) is 45.0 Å². The highest BCUT2D eigenvalue weighted by atomic mass is 16.5. The standard InChI is InChI=1S/C21H24N2O/c1-24-21-12-11-18(17-9-7-16(14-22)8-10-17)13-19(21)15-23-20-5-3-2-4-6-20/h7-13,20,23H,2-6,15H2,1H3. The van der Waals surface area contributed by atoms with Crippen LogP contribution in [0.1, 0.15) is 43.2 Å². The summed E-state index contributed by atoms with van der Waals surface area (Å²) < 4.78 is 5.53. The summed E-state index contributed by atoms with van der Waals surface area (Å²) in [6, 6.07) is 16.8. The Morgan fingerprint density at radius 2 is 1.75 bits per heavy atom. The summed E-state index contributed by atoms with van der Waals surface area (Å²) >= 11 is 0. The summed E-state index contributed by atoms with van der Waals surface area (Å²) in [7, 11) is 1.72. The molecule has 0 aromatic heterocycles. The molecular weight excluding hydrogens is 296 g/mol. The Balaban J connectivity index is 1.77. The maximum Gasteiger partial charge on any atom is 0.123 e. The summed E-state index contributed by atoms with van der Waals surface area (Å²) in [5.41, 5.74) is 4.15. The Morgan fingerprint density at radius 1 is 1.04 bits per heavy atom. The molecule has 1 saturated carbocycles. The van der Waals surface area contributed by atoms with Gasteiger partial charge in [-0.25, -0.2) is 0 Å². The molecule has 2 aromatic rings. The van der Waals surface area contributed by atoms with Crippen molar-refractivity contribution in [2.75, 3.05) is 7.11 Å². The molecule has 0 aliphatic heterocycles. The van der Waals surface area contributed by atoms with E-state index in [-0.39, 0.29) is 0 Å². The first kappa shape index (κ1) is 16.5. The van der Waals surface area contributed by atoms with Crippen molar-refractivity contribution in [1.82, 2.24) is 5.32 Å². The molecular formula is C21H24N2O. The van der Waals surface area contributed by atoms with E-state index in [1.165, 1.54) is 37.7 Å². The third-order valence-corrected chi connectivity index (χ3v) is 4.81. The highest BCUT2D eigenvalue weighted by Crippen LogP contribution is 2.27. The summed E-state index contributed by atoms with van der Waals surface area (Å²) in [5.74, 6) is 0.927. The second-order valence-electron chi connectivity index (χ2n) is 6.43. The minimum Gasteiger partial charge on any atom is -0.496 e. The molecule has 1 fully saturated rings. The van der Waals surface area contributed by atoms with Gasteiger partial charge in [-0.3, -0.25) is 0 Å². The largest absolute Gasteiger partial charge is 0.496 e. The number of nitrogens with zero attached hydrogens (tertiary/aromatic N) is 1. The summed E-state index contributed by atoms with van der Waals surface area (Å²) in [6.45, 7) is 0.831. The average molecular weight is 320 g/mol. The van der Waals surface area contributed by atoms with Crippen molar-refractivity contribution >= 4 is 0 Å². The van der Waals surface area contributed by atoms with Crippen molar-refractivity contribution < 1.29 is 4.74 Å². The third kappa shape index (κ3) is 3.96. The van der Waals surface area contributed by atoms with E-state index in [0.29, 0.717) is 11.6 Å². The van der Waals surface area contributed by atoms with E-state index < -0.39 is 0 Å². The first-order chi connectivity index (χ1) is 11.8. The van der Waals surface area contributed by atoms with Crippen LogP contribution in [-0.4, -0.2) is 13.2 Å². The van der Waals surface area contributed by atoms with Crippen LogP contribution in [0.15, 0.2) is 42.5 Å². The quantitative estimate of drug-likeness (QED) is 0.871. The first-order valence-corrected chi connectivity index (χ1v) is 8.71. The van der Waals surface area contributed by atoms with Crippen molar-refractivity contribution in [3.8, 4) is 22.9 Å². The number of hydrogen-bond donors (Lipinski definition) is 1. The van der Waals surface area contributed by atoms with Gasteiger partial charge in [0, 0.05) is 18.2 Å². The van der Waals surface area contributed by atoms with Gasteiger partial charge in [0.2, 0.25) is 0 Å². The van der Waals surface area contributed by atoms with Crippen molar-refractivity contribution in [2.45, 2.75) is 44.7 Å². The average Bonchev–Trinajstić information content (AvgIpc) is 2.67. The molecule has 1 N–H and O–H groups in total. The van der Waals surface area contributed by atoms with E-state index in [1.807, 2.05) is 30.3 Å². The number of methoxy groups -OCH3 is 1. The fraction of sp³-hybridized carbons (Fsp3) is 0.381. The van der Waals surface area contributed by atoms with Gasteiger partial charge in [-0.2, -0.15) is 5.26 Å². The molecule has 0 radical (unpaired) electrons. The van der Waals surface area contributed by atoms with Crippen LogP contribution in [-0.2, 0) is 6.54 Å². The van der Waals surface area contributed by atoms with Crippen LogP contribution in [0.2, 0.25) is 0 Å². The second-order valence-corrected chi connectivity index (χ2v) is 6.43. The van der Waals surface area contributed by atoms with Gasteiger partial charge >= 0.3 is 0 Å². The van der Waals surface area contributed by atoms with Gasteiger partial charge < -0.3 is 10.1 Å². The van der Waals surface area contributed by atoms with Crippen LogP contribution >= 0.6 is 0 Å². The molecule has 1 aliphatic rings. The van der Waals surface area contributed by atoms with E-state index in [0.717, 1.165) is 23.4 Å². The zero-order valence-corrected chi connectivity index (χ0v) is 14.2. The molecule has 3 heteroatoms. The molecule has 0 heterocycles. The molecule has 124 valence electrons. The monoisotopic (exact) mass is 320 g/mol. The van der Waals surface area contributed by atoms with Gasteiger partial charge in [0.25, 0.3) is 0 Å². The van der Waals surface area contributed by atoms with Crippen LogP contribution < -0.4 is 10.1 Å². The maximum atomic E-state index is 8.93. The smallest absolute Gasteiger partial charge is 0.123 e. The first-order valence-electron chi connectivity index (χ1n) is 8.71. The molecule has 3 nitrogen and oxygen atoms in total. The molecule has 2 aromatic carbocycles. The van der Waals surface area contributed by atoms with Crippen LogP contribution in [0.25, 0.3) is 11.1 Å². The molecule has 0 spiro atoms. The summed E-state index contributed by atoms with van der Waals surface area (Å²) in [5, 5.41) is 12.6. The predicted octanol–water partition coefficient (Wildman–Crippen LogP) is 4.66. The Hall–Kier alpha value is -2.31. The molecule has 1 aliphatic carbocycles. The predicted molar refractivity (Wildman–Crippen MR) is 96.9 cm³/mol. The van der Waals surface area contributed by atoms with E-state index in [2.05, 4.69) is 23.5 Å². The summed E-state index contributed by atoms with van der Waals surface area (Å²) in [6.07, 6.45) is 6.59. The van der Waals surface area contributed by atoms with Gasteiger partial charge in [-0.1, -0.05) is 37.5 Å². The van der Waals surface area contributed by atoms with Gasteiger partial charge in [-0.15, -0.1) is 0 Å². The Bertz CT molecular complexity index is 710. The van der Waals surface area contributed by atoms with Gasteiger partial charge in [-0.05, 0) is 48.2 Å². The zero-order valence-electron chi connectivity index (χ0n) is 14.2. The van der Waals surface area contributed by atoms with Crippen LogP contribution in [0, 0.1) is 11.3 Å². The number of nitriles is 1. The molecule has 0 atom stereocenters. The van der Waals surface area contributed by atoms with E-state index in [1.54, 1.807) is 7.11 Å². The number of hydrogen-bond acceptors (Lipinski definition) is 3. The lowest BCUT2D eigenvalue weighted by Crippen LogP contribution is -2.30. The minimum absolute atomic E-state index is 0.627. The molecule has 0 unspecified atom stereocenters. The van der Waals surface area contributed by atoms with E-state index >= 15 is 0 Å². The van der Waals surface area contributed by atoms with Crippen molar-refractivity contribution in [1.29, 1.82) is 5.26 Å². The fourth-order valence-electron chi connectivity index (χ4n) is 3.39. The van der Waals surface area contributed by atoms with Crippen LogP contribution in [0.4, 0.5) is 0 Å². The normalized spacial score (nSPS) is 15.0. The molecule has 0 amide bonds. The highest BCUT2D eigenvalue weighted by molar-refractivity contribution is 5.66. The SMILES string of the molecule is COc1ccc(-c2ccc(C#N)cc2)cc1CNC1CCCCC1. The Kier molecular flexibility index (Phi) is 5.51. The Morgan fingerprint density at radius 3 is 2.42 bits per heavy atom. The highest BCUT2D eigenvalue weighted by Gasteiger charge is 2.14. The van der Waals surface area contributed by atoms with Gasteiger partial charge in [0.05, 0.1) is 18.7 Å². The van der Waals surface area contributed by atoms with Crippen LogP contribution in [0.3, 0.4) is 0 Å². The number of rotatable bonds is 5. The molecule has 3 rings (SSSR count). The van der Waals surface area contributed by atoms with Gasteiger partial charge in [0.1, 0.15) is 5.75 Å². The van der Waals surface area contributed by atoms with Crippen LogP contribution in [0.5, 0.6) is 5.75 Å². The summed E-state index contributed by atoms with van der Waals surface area (Å²) in [4.78, 5) is 0. The van der Waals surface area contributed by atoms with Crippen molar-refractivity contribution in [2.24, 2.45) is 0 Å². The van der Waals surface area contributed by atoms with Crippen molar-refractivity contribution in [3.63, 3.8) is 0 Å².